The van der Waals surface area contributed by atoms with Crippen molar-refractivity contribution in [3.63, 3.8) is 0 Å². The highest BCUT2D eigenvalue weighted by Gasteiger charge is 2.06. The van der Waals surface area contributed by atoms with Crippen LogP contribution in [0, 0.1) is 11.3 Å². The summed E-state index contributed by atoms with van der Waals surface area (Å²) in [6.07, 6.45) is 1.46. The number of hydrogen-bond acceptors (Lipinski definition) is 4. The van der Waals surface area contributed by atoms with Crippen LogP contribution in [-0.2, 0) is 4.74 Å². The molecule has 0 N–H and O–H groups in total. The average Bonchev–Trinajstić information content (AvgIpc) is 2.36. The van der Waals surface area contributed by atoms with E-state index in [0.717, 1.165) is 10.9 Å². The third kappa shape index (κ3) is 1.71. The van der Waals surface area contributed by atoms with Gasteiger partial charge in [-0.1, -0.05) is 0 Å². The third-order valence-electron chi connectivity index (χ3n) is 2.23. The molecule has 0 spiro atoms. The topological polar surface area (TPSA) is 63.0 Å². The van der Waals surface area contributed by atoms with Crippen molar-refractivity contribution in [3.05, 3.63) is 41.6 Å². The fraction of sp³-hybridized carbons (Fsp3) is 0.0833. The number of aromatic nitrogens is 1. The number of carbonyl (C=O) groups is 1. The van der Waals surface area contributed by atoms with Gasteiger partial charge in [-0.3, -0.25) is 4.98 Å². The number of nitriles is 1. The predicted molar refractivity (Wildman–Crippen MR) is 57.8 cm³/mol. The fourth-order valence-electron chi connectivity index (χ4n) is 1.43. The lowest BCUT2D eigenvalue weighted by Crippen LogP contribution is -2.01. The zero-order valence-corrected chi connectivity index (χ0v) is 8.60. The number of pyridine rings is 1. The average molecular weight is 212 g/mol. The Morgan fingerprint density at radius 3 is 2.94 bits per heavy atom. The second-order valence-corrected chi connectivity index (χ2v) is 3.23. The van der Waals surface area contributed by atoms with Gasteiger partial charge >= 0.3 is 5.97 Å². The standard InChI is InChI=1S/C12H8N2O2/c1-16-12(15)10-5-9-4-8(6-13)2-3-11(9)14-7-10/h2-5,7H,1H3. The largest absolute Gasteiger partial charge is 0.465 e. The summed E-state index contributed by atoms with van der Waals surface area (Å²) in [5.41, 5.74) is 1.66. The van der Waals surface area contributed by atoms with Crippen LogP contribution >= 0.6 is 0 Å². The molecule has 78 valence electrons. The number of methoxy groups -OCH3 is 1. The lowest BCUT2D eigenvalue weighted by Gasteiger charge is -2.01. The molecular formula is C12H8N2O2. The van der Waals surface area contributed by atoms with Crippen LogP contribution in [0.5, 0.6) is 0 Å². The van der Waals surface area contributed by atoms with Gasteiger partial charge in [0.2, 0.25) is 0 Å². The summed E-state index contributed by atoms with van der Waals surface area (Å²) in [6, 6.07) is 8.82. The Bertz CT molecular complexity index is 599. The molecule has 0 unspecified atom stereocenters. The Morgan fingerprint density at radius 2 is 2.25 bits per heavy atom. The summed E-state index contributed by atoms with van der Waals surface area (Å²) in [6.45, 7) is 0. The molecule has 1 heterocycles. The van der Waals surface area contributed by atoms with Gasteiger partial charge in [-0.25, -0.2) is 4.79 Å². The van der Waals surface area contributed by atoms with Gasteiger partial charge in [0.15, 0.2) is 0 Å². The highest BCUT2D eigenvalue weighted by molar-refractivity contribution is 5.93. The van der Waals surface area contributed by atoms with E-state index in [1.165, 1.54) is 13.3 Å². The number of ether oxygens (including phenoxy) is 1. The second-order valence-electron chi connectivity index (χ2n) is 3.23. The summed E-state index contributed by atoms with van der Waals surface area (Å²) in [5.74, 6) is -0.434. The highest BCUT2D eigenvalue weighted by Crippen LogP contribution is 2.15. The monoisotopic (exact) mass is 212 g/mol. The summed E-state index contributed by atoms with van der Waals surface area (Å²) in [5, 5.41) is 9.51. The smallest absolute Gasteiger partial charge is 0.339 e. The van der Waals surface area contributed by atoms with Crippen LogP contribution in [0.3, 0.4) is 0 Å². The van der Waals surface area contributed by atoms with Crippen molar-refractivity contribution in [2.75, 3.05) is 7.11 Å². The van der Waals surface area contributed by atoms with Gasteiger partial charge in [0.1, 0.15) is 0 Å². The number of fused-ring (bicyclic) bond motifs is 1. The van der Waals surface area contributed by atoms with Gasteiger partial charge < -0.3 is 4.74 Å². The maximum Gasteiger partial charge on any atom is 0.339 e. The molecule has 0 amide bonds. The van der Waals surface area contributed by atoms with Crippen LogP contribution in [-0.4, -0.2) is 18.1 Å². The van der Waals surface area contributed by atoms with Gasteiger partial charge in [0, 0.05) is 11.6 Å². The maximum atomic E-state index is 11.3. The number of benzene rings is 1. The molecule has 4 heteroatoms. The van der Waals surface area contributed by atoms with Crippen LogP contribution < -0.4 is 0 Å². The number of nitrogens with zero attached hydrogens (tertiary/aromatic N) is 2. The molecule has 0 aliphatic rings. The lowest BCUT2D eigenvalue weighted by molar-refractivity contribution is 0.0600. The van der Waals surface area contributed by atoms with E-state index in [9.17, 15) is 4.79 Å². The number of carbonyl (C=O) groups excluding carboxylic acids is 1. The van der Waals surface area contributed by atoms with E-state index in [2.05, 4.69) is 9.72 Å². The quantitative estimate of drug-likeness (QED) is 0.677. The van der Waals surface area contributed by atoms with Gasteiger partial charge in [-0.15, -0.1) is 0 Å². The van der Waals surface area contributed by atoms with E-state index in [0.29, 0.717) is 11.1 Å². The van der Waals surface area contributed by atoms with Gasteiger partial charge in [0.05, 0.1) is 29.8 Å². The number of hydrogen-bond donors (Lipinski definition) is 0. The zero-order valence-electron chi connectivity index (χ0n) is 8.60. The molecule has 0 aliphatic heterocycles. The lowest BCUT2D eigenvalue weighted by atomic mass is 10.1. The first kappa shape index (κ1) is 10.1. The van der Waals surface area contributed by atoms with Crippen molar-refractivity contribution in [2.24, 2.45) is 0 Å². The highest BCUT2D eigenvalue weighted by atomic mass is 16.5. The first-order valence-corrected chi connectivity index (χ1v) is 4.63. The Balaban J connectivity index is 2.60. The summed E-state index contributed by atoms with van der Waals surface area (Å²) in [4.78, 5) is 15.4. The van der Waals surface area contributed by atoms with Crippen molar-refractivity contribution >= 4 is 16.9 Å². The SMILES string of the molecule is COC(=O)c1cnc2ccc(C#N)cc2c1. The first-order chi connectivity index (χ1) is 7.74. The Kier molecular flexibility index (Phi) is 2.52. The van der Waals surface area contributed by atoms with Crippen LogP contribution in [0.2, 0.25) is 0 Å². The summed E-state index contributed by atoms with van der Waals surface area (Å²) < 4.78 is 4.60. The van der Waals surface area contributed by atoms with E-state index in [1.807, 2.05) is 6.07 Å². The number of esters is 1. The van der Waals surface area contributed by atoms with Crippen LogP contribution in [0.15, 0.2) is 30.5 Å². The molecule has 0 aliphatic carbocycles. The zero-order chi connectivity index (χ0) is 11.5. The van der Waals surface area contributed by atoms with Crippen molar-refractivity contribution in [1.29, 1.82) is 5.26 Å². The molecule has 16 heavy (non-hydrogen) atoms. The molecule has 4 nitrogen and oxygen atoms in total. The summed E-state index contributed by atoms with van der Waals surface area (Å²) >= 11 is 0. The Morgan fingerprint density at radius 1 is 1.44 bits per heavy atom. The first-order valence-electron chi connectivity index (χ1n) is 4.63. The second kappa shape index (κ2) is 3.99. The van der Waals surface area contributed by atoms with Crippen molar-refractivity contribution in [3.8, 4) is 6.07 Å². The molecule has 0 saturated carbocycles. The normalized spacial score (nSPS) is 9.75. The molecule has 2 aromatic rings. The van der Waals surface area contributed by atoms with Gasteiger partial charge in [-0.2, -0.15) is 5.26 Å². The Labute approximate surface area is 92.1 Å². The van der Waals surface area contributed by atoms with E-state index < -0.39 is 5.97 Å². The minimum Gasteiger partial charge on any atom is -0.465 e. The summed E-state index contributed by atoms with van der Waals surface area (Å²) in [7, 11) is 1.32. The minimum atomic E-state index is -0.434. The van der Waals surface area contributed by atoms with Crippen LogP contribution in [0.1, 0.15) is 15.9 Å². The fourth-order valence-corrected chi connectivity index (χ4v) is 1.43. The third-order valence-corrected chi connectivity index (χ3v) is 2.23. The van der Waals surface area contributed by atoms with Crippen LogP contribution in [0.25, 0.3) is 10.9 Å². The molecule has 1 aromatic heterocycles. The number of rotatable bonds is 1. The molecule has 2 rings (SSSR count). The van der Waals surface area contributed by atoms with E-state index >= 15 is 0 Å². The van der Waals surface area contributed by atoms with Crippen molar-refractivity contribution in [2.45, 2.75) is 0 Å². The van der Waals surface area contributed by atoms with Crippen molar-refractivity contribution < 1.29 is 9.53 Å². The Hall–Kier alpha value is -2.41. The van der Waals surface area contributed by atoms with Gasteiger partial charge in [0.25, 0.3) is 0 Å². The maximum absolute atomic E-state index is 11.3. The molecule has 0 bridgehead atoms. The molecule has 0 fully saturated rings. The van der Waals surface area contributed by atoms with Crippen LogP contribution in [0.4, 0.5) is 0 Å². The molecule has 1 aromatic carbocycles. The van der Waals surface area contributed by atoms with Crippen molar-refractivity contribution in [1.82, 2.24) is 4.98 Å². The predicted octanol–water partition coefficient (Wildman–Crippen LogP) is 1.89. The molecule has 0 atom stereocenters. The molecule has 0 radical (unpaired) electrons. The molecular weight excluding hydrogens is 204 g/mol. The van der Waals surface area contributed by atoms with Gasteiger partial charge in [-0.05, 0) is 24.3 Å². The molecule has 0 saturated heterocycles. The van der Waals surface area contributed by atoms with E-state index in [4.69, 9.17) is 5.26 Å². The van der Waals surface area contributed by atoms with E-state index in [-0.39, 0.29) is 0 Å². The van der Waals surface area contributed by atoms with E-state index in [1.54, 1.807) is 24.3 Å². The minimum absolute atomic E-state index is 0.380.